The summed E-state index contributed by atoms with van der Waals surface area (Å²) in [4.78, 5) is 27.9. The molecule has 0 aromatic heterocycles. The van der Waals surface area contributed by atoms with Crippen molar-refractivity contribution in [2.24, 2.45) is 5.92 Å². The zero-order valence-electron chi connectivity index (χ0n) is 18.6. The molecule has 2 heterocycles. The van der Waals surface area contributed by atoms with Crippen molar-refractivity contribution in [3.8, 4) is 5.75 Å². The lowest BCUT2D eigenvalue weighted by Gasteiger charge is -2.18. The number of likely N-dealkylation sites (tertiary alicyclic amines) is 1. The van der Waals surface area contributed by atoms with Crippen molar-refractivity contribution in [2.45, 2.75) is 36.0 Å². The molecule has 0 spiro atoms. The van der Waals surface area contributed by atoms with Gasteiger partial charge in [-0.25, -0.2) is 8.42 Å². The third kappa shape index (κ3) is 5.27. The second-order valence-electron chi connectivity index (χ2n) is 8.26. The molecule has 176 valence electrons. The number of ether oxygens (including phenoxy) is 1. The van der Waals surface area contributed by atoms with E-state index in [9.17, 15) is 18.0 Å². The van der Waals surface area contributed by atoms with Gasteiger partial charge >= 0.3 is 0 Å². The molecule has 10 heteroatoms. The fourth-order valence-electron chi connectivity index (χ4n) is 3.96. The third-order valence-corrected chi connectivity index (χ3v) is 8.41. The van der Waals surface area contributed by atoms with Crippen LogP contribution in [0.5, 0.6) is 5.75 Å². The first-order valence-corrected chi connectivity index (χ1v) is 13.3. The van der Waals surface area contributed by atoms with Crippen LogP contribution in [0.2, 0.25) is 0 Å². The van der Waals surface area contributed by atoms with E-state index in [2.05, 4.69) is 10.0 Å². The smallest absolute Gasteiger partial charge is 0.262 e. The number of rotatable bonds is 6. The molecule has 0 bridgehead atoms. The van der Waals surface area contributed by atoms with E-state index in [0.717, 1.165) is 36.4 Å². The molecule has 2 aromatic rings. The maximum absolute atomic E-state index is 13.1. The first-order valence-electron chi connectivity index (χ1n) is 10.8. The molecular formula is C23H27N3O5S2. The van der Waals surface area contributed by atoms with E-state index in [4.69, 9.17) is 4.74 Å². The first kappa shape index (κ1) is 23.4. The number of methoxy groups -OCH3 is 1. The van der Waals surface area contributed by atoms with Gasteiger partial charge in [-0.05, 0) is 55.7 Å². The van der Waals surface area contributed by atoms with Crippen LogP contribution >= 0.6 is 11.8 Å². The summed E-state index contributed by atoms with van der Waals surface area (Å²) in [5, 5.41) is 2.83. The molecule has 1 saturated heterocycles. The van der Waals surface area contributed by atoms with E-state index < -0.39 is 15.9 Å². The van der Waals surface area contributed by atoms with Crippen LogP contribution in [0.4, 0.5) is 11.4 Å². The van der Waals surface area contributed by atoms with Crippen LogP contribution in [0.25, 0.3) is 0 Å². The van der Waals surface area contributed by atoms with Gasteiger partial charge in [0.25, 0.3) is 10.0 Å². The predicted molar refractivity (Wildman–Crippen MR) is 128 cm³/mol. The molecule has 2 aromatic carbocycles. The van der Waals surface area contributed by atoms with Gasteiger partial charge in [0.1, 0.15) is 5.75 Å². The number of sulfonamides is 1. The van der Waals surface area contributed by atoms with E-state index in [1.807, 2.05) is 17.9 Å². The van der Waals surface area contributed by atoms with Crippen molar-refractivity contribution in [2.75, 3.05) is 36.0 Å². The van der Waals surface area contributed by atoms with Crippen molar-refractivity contribution >= 4 is 45.0 Å². The molecule has 0 aliphatic carbocycles. The monoisotopic (exact) mass is 489 g/mol. The van der Waals surface area contributed by atoms with Gasteiger partial charge in [-0.2, -0.15) is 0 Å². The van der Waals surface area contributed by atoms with Gasteiger partial charge in [0.2, 0.25) is 11.8 Å². The summed E-state index contributed by atoms with van der Waals surface area (Å²) in [6.45, 7) is 3.36. The fourth-order valence-corrected chi connectivity index (χ4v) is 6.13. The highest BCUT2D eigenvalue weighted by atomic mass is 32.2. The maximum atomic E-state index is 13.1. The minimum absolute atomic E-state index is 0.00113. The number of benzene rings is 2. The van der Waals surface area contributed by atoms with Crippen LogP contribution in [0.1, 0.15) is 24.8 Å². The standard InChI is InChI=1S/C23H27N3O5S2/c1-15-5-7-20(31-2)18(11-15)25-33(29,30)17-6-8-21-19(13-17)24-23(28)16(14-32-21)12-22(27)26-9-3-4-10-26/h5-8,11,13,16,25H,3-4,9-10,12,14H2,1-2H3,(H,24,28)/t16-/m0/s1. The normalized spacial score (nSPS) is 18.3. The SMILES string of the molecule is COc1ccc(C)cc1NS(=O)(=O)c1ccc2c(c1)NC(=O)[C@@H](CC(=O)N1CCCC1)CS2. The predicted octanol–water partition coefficient (Wildman–Crippen LogP) is 3.48. The number of hydrogen-bond acceptors (Lipinski definition) is 6. The highest BCUT2D eigenvalue weighted by molar-refractivity contribution is 7.99. The fraction of sp³-hybridized carbons (Fsp3) is 0.391. The zero-order chi connectivity index (χ0) is 23.6. The Kier molecular flexibility index (Phi) is 6.85. The van der Waals surface area contributed by atoms with Crippen LogP contribution in [-0.2, 0) is 19.6 Å². The molecular weight excluding hydrogens is 462 g/mol. The molecule has 2 amide bonds. The summed E-state index contributed by atoms with van der Waals surface area (Å²) in [5.41, 5.74) is 1.65. The summed E-state index contributed by atoms with van der Waals surface area (Å²) in [7, 11) is -2.45. The van der Waals surface area contributed by atoms with Crippen LogP contribution < -0.4 is 14.8 Å². The number of carbonyl (C=O) groups excluding carboxylic acids is 2. The van der Waals surface area contributed by atoms with Gasteiger partial charge in [0.15, 0.2) is 0 Å². The van der Waals surface area contributed by atoms with Gasteiger partial charge in [0.05, 0.1) is 29.3 Å². The van der Waals surface area contributed by atoms with Gasteiger partial charge in [-0.3, -0.25) is 14.3 Å². The number of amides is 2. The zero-order valence-corrected chi connectivity index (χ0v) is 20.2. The third-order valence-electron chi connectivity index (χ3n) is 5.81. The highest BCUT2D eigenvalue weighted by Gasteiger charge is 2.30. The van der Waals surface area contributed by atoms with Crippen LogP contribution in [0.15, 0.2) is 46.2 Å². The topological polar surface area (TPSA) is 105 Å². The average molecular weight is 490 g/mol. The summed E-state index contributed by atoms with van der Waals surface area (Å²) >= 11 is 1.45. The Morgan fingerprint density at radius 2 is 1.97 bits per heavy atom. The molecule has 0 unspecified atom stereocenters. The highest BCUT2D eigenvalue weighted by Crippen LogP contribution is 2.36. The quantitative estimate of drug-likeness (QED) is 0.644. The number of fused-ring (bicyclic) bond motifs is 1. The largest absolute Gasteiger partial charge is 0.495 e. The van der Waals surface area contributed by atoms with Gasteiger partial charge in [-0.1, -0.05) is 6.07 Å². The average Bonchev–Trinajstić information content (AvgIpc) is 3.27. The van der Waals surface area contributed by atoms with Crippen LogP contribution in [-0.4, -0.2) is 51.1 Å². The number of anilines is 2. The summed E-state index contributed by atoms with van der Waals surface area (Å²) in [5.74, 6) is 0.137. The number of thioether (sulfide) groups is 1. The number of nitrogens with zero attached hydrogens (tertiary/aromatic N) is 1. The van der Waals surface area contributed by atoms with Crippen molar-refractivity contribution < 1.29 is 22.7 Å². The molecule has 2 aliphatic heterocycles. The molecule has 2 aliphatic rings. The Hall–Kier alpha value is -2.72. The molecule has 8 nitrogen and oxygen atoms in total. The summed E-state index contributed by atoms with van der Waals surface area (Å²) in [6, 6.07) is 9.88. The Bertz CT molecular complexity index is 1180. The first-order chi connectivity index (χ1) is 15.8. The van der Waals surface area contributed by atoms with E-state index in [-0.39, 0.29) is 23.1 Å². The lowest BCUT2D eigenvalue weighted by Crippen LogP contribution is -2.33. The molecule has 0 radical (unpaired) electrons. The van der Waals surface area contributed by atoms with E-state index >= 15 is 0 Å². The lowest BCUT2D eigenvalue weighted by molar-refractivity contribution is -0.133. The van der Waals surface area contributed by atoms with Crippen LogP contribution in [0.3, 0.4) is 0 Å². The van der Waals surface area contributed by atoms with Crippen molar-refractivity contribution in [1.82, 2.24) is 4.90 Å². The Morgan fingerprint density at radius 1 is 1.21 bits per heavy atom. The second kappa shape index (κ2) is 9.64. The van der Waals surface area contributed by atoms with Gasteiger partial charge in [0, 0.05) is 30.2 Å². The van der Waals surface area contributed by atoms with Gasteiger partial charge < -0.3 is 15.0 Å². The molecule has 0 saturated carbocycles. The Balaban J connectivity index is 1.52. The number of hydrogen-bond donors (Lipinski definition) is 2. The minimum atomic E-state index is -3.92. The number of carbonyl (C=O) groups is 2. The summed E-state index contributed by atoms with van der Waals surface area (Å²) < 4.78 is 33.9. The molecule has 1 fully saturated rings. The summed E-state index contributed by atoms with van der Waals surface area (Å²) in [6.07, 6.45) is 2.16. The van der Waals surface area contributed by atoms with Crippen molar-refractivity contribution in [3.05, 3.63) is 42.0 Å². The lowest BCUT2D eigenvalue weighted by atomic mass is 10.1. The second-order valence-corrected chi connectivity index (χ2v) is 11.0. The maximum Gasteiger partial charge on any atom is 0.262 e. The molecule has 2 N–H and O–H groups in total. The van der Waals surface area contributed by atoms with E-state index in [0.29, 0.717) is 22.9 Å². The Morgan fingerprint density at radius 3 is 2.70 bits per heavy atom. The van der Waals surface area contributed by atoms with Crippen molar-refractivity contribution in [1.29, 1.82) is 0 Å². The van der Waals surface area contributed by atoms with Crippen LogP contribution in [0, 0.1) is 12.8 Å². The minimum Gasteiger partial charge on any atom is -0.495 e. The Labute approximate surface area is 198 Å². The van der Waals surface area contributed by atoms with E-state index in [1.54, 1.807) is 18.2 Å². The number of nitrogens with one attached hydrogen (secondary N) is 2. The molecule has 33 heavy (non-hydrogen) atoms. The molecule has 1 atom stereocenters. The number of aryl methyl sites for hydroxylation is 1. The van der Waals surface area contributed by atoms with Crippen molar-refractivity contribution in [3.63, 3.8) is 0 Å². The van der Waals surface area contributed by atoms with Gasteiger partial charge in [-0.15, -0.1) is 11.8 Å². The van der Waals surface area contributed by atoms with E-state index in [1.165, 1.54) is 31.0 Å². The molecule has 4 rings (SSSR count).